The molecule has 0 saturated heterocycles. The van der Waals surface area contributed by atoms with Crippen LogP contribution in [0.15, 0.2) is 0 Å². The number of hydrogen-bond acceptors (Lipinski definition) is 6. The quantitative estimate of drug-likeness (QED) is 0.407. The number of hydrogen-bond donors (Lipinski definition) is 1. The fraction of sp³-hybridized carbons (Fsp3) is 0.917. The lowest BCUT2D eigenvalue weighted by Crippen LogP contribution is -2.44. The molecule has 0 aliphatic rings. The monoisotopic (exact) mass is 357 g/mol. The Kier molecular flexibility index (Phi) is 8.73. The van der Waals surface area contributed by atoms with Crippen LogP contribution in [-0.2, 0) is 28.1 Å². The van der Waals surface area contributed by atoms with Gasteiger partial charge in [0.1, 0.15) is 0 Å². The Morgan fingerprint density at radius 2 is 1.59 bits per heavy atom. The molecule has 0 unspecified atom stereocenters. The summed E-state index contributed by atoms with van der Waals surface area (Å²) < 4.78 is 42.0. The van der Waals surface area contributed by atoms with Gasteiger partial charge in [0.2, 0.25) is 15.9 Å². The van der Waals surface area contributed by atoms with Crippen molar-refractivity contribution < 1.29 is 31.0 Å². The smallest absolute Gasteiger partial charge is 0.377 e. The summed E-state index contributed by atoms with van der Waals surface area (Å²) in [5.74, 6) is -0.649. The van der Waals surface area contributed by atoms with Crippen LogP contribution in [0.3, 0.4) is 0 Å². The molecular formula is C12H29N2O6SSi+. The first-order chi connectivity index (χ1) is 9.99. The first kappa shape index (κ1) is 21.5. The minimum atomic E-state index is -3.61. The topological polar surface area (TPSA) is 90.9 Å². The Hall–Kier alpha value is -0.523. The average molecular weight is 358 g/mol. The number of sulfonamides is 1. The maximum atomic E-state index is 11.8. The molecule has 22 heavy (non-hydrogen) atoms. The number of rotatable bonds is 11. The molecule has 0 aromatic rings. The summed E-state index contributed by atoms with van der Waals surface area (Å²) in [5.41, 5.74) is 0. The lowest BCUT2D eigenvalue weighted by Gasteiger charge is -2.24. The van der Waals surface area contributed by atoms with E-state index in [1.165, 1.54) is 21.3 Å². The van der Waals surface area contributed by atoms with Crippen molar-refractivity contribution in [3.8, 4) is 0 Å². The van der Waals surface area contributed by atoms with Crippen LogP contribution >= 0.6 is 0 Å². The number of amides is 1. The van der Waals surface area contributed by atoms with Crippen molar-refractivity contribution in [3.05, 3.63) is 0 Å². The largest absolute Gasteiger partial charge is 0.500 e. The van der Waals surface area contributed by atoms with Gasteiger partial charge in [0.05, 0.1) is 33.4 Å². The number of carbonyl (C=O) groups is 1. The van der Waals surface area contributed by atoms with Crippen molar-refractivity contribution >= 4 is 24.7 Å². The number of nitrogens with one attached hydrogen (secondary N) is 1. The third-order valence-electron chi connectivity index (χ3n) is 3.10. The minimum Gasteiger partial charge on any atom is -0.377 e. The molecule has 0 bridgehead atoms. The zero-order chi connectivity index (χ0) is 17.4. The van der Waals surface area contributed by atoms with Gasteiger partial charge in [-0.2, -0.15) is 0 Å². The third-order valence-corrected chi connectivity index (χ3v) is 7.20. The van der Waals surface area contributed by atoms with Crippen molar-refractivity contribution in [2.24, 2.45) is 0 Å². The van der Waals surface area contributed by atoms with Crippen LogP contribution in [0.5, 0.6) is 0 Å². The number of carbonyl (C=O) groups excluding carboxylic acids is 1. The summed E-state index contributed by atoms with van der Waals surface area (Å²) in [6.07, 6.45) is 0.454. The lowest BCUT2D eigenvalue weighted by atomic mass is 10.4. The minimum absolute atomic E-state index is 0.0314. The second-order valence-electron chi connectivity index (χ2n) is 6.01. The molecule has 0 atom stereocenters. The van der Waals surface area contributed by atoms with Crippen LogP contribution in [0.1, 0.15) is 12.8 Å². The van der Waals surface area contributed by atoms with E-state index >= 15 is 0 Å². The maximum absolute atomic E-state index is 11.8. The molecule has 0 heterocycles. The van der Waals surface area contributed by atoms with E-state index in [2.05, 4.69) is 4.72 Å². The average Bonchev–Trinajstić information content (AvgIpc) is 2.38. The van der Waals surface area contributed by atoms with Crippen LogP contribution in [0.4, 0.5) is 0 Å². The van der Waals surface area contributed by atoms with Crippen molar-refractivity contribution in [2.75, 3.05) is 54.8 Å². The first-order valence-corrected chi connectivity index (χ1v) is 10.6. The van der Waals surface area contributed by atoms with Gasteiger partial charge in [-0.3, -0.25) is 9.52 Å². The van der Waals surface area contributed by atoms with Crippen LogP contribution in [-0.4, -0.2) is 82.4 Å². The highest BCUT2D eigenvalue weighted by molar-refractivity contribution is 7.90. The number of nitrogens with zero attached hydrogens (tertiary/aromatic N) is 1. The predicted molar refractivity (Wildman–Crippen MR) is 85.7 cm³/mol. The van der Waals surface area contributed by atoms with E-state index in [1.54, 1.807) is 0 Å². The van der Waals surface area contributed by atoms with E-state index in [9.17, 15) is 13.2 Å². The molecule has 0 aromatic carbocycles. The molecule has 0 radical (unpaired) electrons. The molecule has 10 heteroatoms. The molecular weight excluding hydrogens is 328 g/mol. The summed E-state index contributed by atoms with van der Waals surface area (Å²) in [5, 5.41) is 0. The fourth-order valence-corrected chi connectivity index (χ4v) is 4.53. The Morgan fingerprint density at radius 1 is 1.09 bits per heavy atom. The van der Waals surface area contributed by atoms with Gasteiger partial charge in [0.15, 0.2) is 0 Å². The molecule has 0 aliphatic heterocycles. The van der Waals surface area contributed by atoms with E-state index in [-0.39, 0.29) is 18.2 Å². The van der Waals surface area contributed by atoms with Crippen LogP contribution < -0.4 is 4.72 Å². The molecule has 0 saturated carbocycles. The van der Waals surface area contributed by atoms with Crippen molar-refractivity contribution in [1.82, 2.24) is 4.72 Å². The lowest BCUT2D eigenvalue weighted by molar-refractivity contribution is -0.870. The van der Waals surface area contributed by atoms with Crippen molar-refractivity contribution in [3.63, 3.8) is 0 Å². The van der Waals surface area contributed by atoms with Gasteiger partial charge in [-0.05, 0) is 0 Å². The molecule has 1 amide bonds. The molecule has 8 nitrogen and oxygen atoms in total. The maximum Gasteiger partial charge on any atom is 0.500 e. The molecule has 0 fully saturated rings. The molecule has 0 rings (SSSR count). The van der Waals surface area contributed by atoms with Gasteiger partial charge in [-0.15, -0.1) is 0 Å². The second kappa shape index (κ2) is 8.94. The Balaban J connectivity index is 4.35. The standard InChI is InChI=1S/C12H28N2O6SSi/c1-14(2,3)9-7-10-21(16,17)13-12(15)8-11-22(18-4,19-5)20-6/h7-11H2,1-6H3/p+1. The van der Waals surface area contributed by atoms with Gasteiger partial charge in [-0.25, -0.2) is 8.42 Å². The van der Waals surface area contributed by atoms with Crippen molar-refractivity contribution in [1.29, 1.82) is 0 Å². The van der Waals surface area contributed by atoms with Gasteiger partial charge in [0.25, 0.3) is 0 Å². The van der Waals surface area contributed by atoms with E-state index in [1.807, 2.05) is 21.1 Å². The van der Waals surface area contributed by atoms with Crippen LogP contribution in [0, 0.1) is 0 Å². The SMILES string of the molecule is CO[Si](CCC(=O)NS(=O)(=O)CCC[N+](C)(C)C)(OC)OC. The molecule has 0 spiro atoms. The first-order valence-electron chi connectivity index (χ1n) is 6.98. The second-order valence-corrected chi connectivity index (χ2v) is 10.9. The van der Waals surface area contributed by atoms with E-state index in [0.717, 1.165) is 0 Å². The summed E-state index contributed by atoms with van der Waals surface area (Å²) in [4.78, 5) is 11.8. The molecule has 132 valence electrons. The van der Waals surface area contributed by atoms with Crippen LogP contribution in [0.25, 0.3) is 0 Å². The highest BCUT2D eigenvalue weighted by Gasteiger charge is 2.38. The fourth-order valence-electron chi connectivity index (χ4n) is 1.83. The zero-order valence-electron chi connectivity index (χ0n) is 14.3. The van der Waals surface area contributed by atoms with Crippen LogP contribution in [0.2, 0.25) is 6.04 Å². The van der Waals surface area contributed by atoms with Gasteiger partial charge in [-0.1, -0.05) is 0 Å². The summed E-state index contributed by atoms with van der Waals surface area (Å²) in [7, 11) is 3.80. The highest BCUT2D eigenvalue weighted by atomic mass is 32.2. The Morgan fingerprint density at radius 3 is 2.00 bits per heavy atom. The molecule has 0 aliphatic carbocycles. The summed E-state index contributed by atoms with van der Waals surface area (Å²) >= 11 is 0. The van der Waals surface area contributed by atoms with E-state index in [4.69, 9.17) is 13.3 Å². The summed E-state index contributed by atoms with van der Waals surface area (Å²) in [6.45, 7) is 0.710. The Labute approximate surface area is 134 Å². The normalized spacial score (nSPS) is 13.2. The number of quaternary nitrogens is 1. The predicted octanol–water partition coefficient (Wildman–Crippen LogP) is -0.203. The highest BCUT2D eigenvalue weighted by Crippen LogP contribution is 2.14. The molecule has 0 aromatic heterocycles. The van der Waals surface area contributed by atoms with Gasteiger partial charge in [0, 0.05) is 40.2 Å². The Bertz CT molecular complexity index is 437. The third kappa shape index (κ3) is 8.81. The summed E-state index contributed by atoms with van der Waals surface area (Å²) in [6, 6.07) is 0.219. The zero-order valence-corrected chi connectivity index (χ0v) is 16.2. The van der Waals surface area contributed by atoms with E-state index in [0.29, 0.717) is 17.4 Å². The molecule has 1 N–H and O–H groups in total. The van der Waals surface area contributed by atoms with Crippen molar-refractivity contribution in [2.45, 2.75) is 18.9 Å². The van der Waals surface area contributed by atoms with Gasteiger partial charge < -0.3 is 17.8 Å². The van der Waals surface area contributed by atoms with E-state index < -0.39 is 24.7 Å². The van der Waals surface area contributed by atoms with Gasteiger partial charge >= 0.3 is 8.80 Å².